The van der Waals surface area contributed by atoms with Crippen molar-refractivity contribution in [2.75, 3.05) is 19.5 Å². The van der Waals surface area contributed by atoms with E-state index in [0.29, 0.717) is 35.1 Å². The molecule has 0 aliphatic heterocycles. The lowest BCUT2D eigenvalue weighted by Crippen LogP contribution is -2.04. The van der Waals surface area contributed by atoms with Crippen LogP contribution in [0.15, 0.2) is 41.5 Å². The Balaban J connectivity index is 2.40. The number of anilines is 1. The van der Waals surface area contributed by atoms with Crippen molar-refractivity contribution >= 4 is 41.1 Å². The van der Waals surface area contributed by atoms with Crippen molar-refractivity contribution in [1.82, 2.24) is 15.4 Å². The van der Waals surface area contributed by atoms with Crippen molar-refractivity contribution in [3.05, 3.63) is 51.9 Å². The number of halogens is 1. The maximum atomic E-state index is 13.5. The zero-order chi connectivity index (χ0) is 21.9. The number of thiazole rings is 1. The average molecular weight is 431 g/mol. The Hall–Kier alpha value is -3.60. The minimum absolute atomic E-state index is 0.00762. The SMILES string of the molecule is CNc1nc(CC(=N)/C(F)=C\N)sc1C(/C=N\NC=O)=C/Cc1cccnc1OC. The molecule has 2 aromatic rings. The third-order valence-corrected chi connectivity index (χ3v) is 4.95. The maximum absolute atomic E-state index is 13.5. The normalized spacial score (nSPS) is 12.1. The van der Waals surface area contributed by atoms with Crippen LogP contribution in [0.3, 0.4) is 0 Å². The monoisotopic (exact) mass is 431 g/mol. The van der Waals surface area contributed by atoms with Crippen molar-refractivity contribution in [1.29, 1.82) is 5.41 Å². The quantitative estimate of drug-likeness (QED) is 0.245. The number of nitrogens with two attached hydrogens (primary N) is 1. The molecule has 9 nitrogen and oxygen atoms in total. The van der Waals surface area contributed by atoms with Gasteiger partial charge in [0.25, 0.3) is 0 Å². The highest BCUT2D eigenvalue weighted by Crippen LogP contribution is 2.31. The number of pyridine rings is 1. The minimum Gasteiger partial charge on any atom is -0.481 e. The van der Waals surface area contributed by atoms with Crippen LogP contribution < -0.4 is 21.2 Å². The summed E-state index contributed by atoms with van der Waals surface area (Å²) in [6.07, 6.45) is 6.70. The number of methoxy groups -OCH3 is 1. The van der Waals surface area contributed by atoms with Gasteiger partial charge in [0.2, 0.25) is 12.3 Å². The van der Waals surface area contributed by atoms with Crippen molar-refractivity contribution in [3.8, 4) is 5.88 Å². The molecule has 0 saturated heterocycles. The van der Waals surface area contributed by atoms with E-state index < -0.39 is 5.83 Å². The summed E-state index contributed by atoms with van der Waals surface area (Å²) in [5, 5.41) is 15.2. The minimum atomic E-state index is -0.797. The van der Waals surface area contributed by atoms with Gasteiger partial charge >= 0.3 is 0 Å². The van der Waals surface area contributed by atoms with Crippen molar-refractivity contribution in [2.24, 2.45) is 10.8 Å². The lowest BCUT2D eigenvalue weighted by atomic mass is 10.1. The maximum Gasteiger partial charge on any atom is 0.227 e. The summed E-state index contributed by atoms with van der Waals surface area (Å²) in [4.78, 5) is 19.9. The number of aromatic nitrogens is 2. The summed E-state index contributed by atoms with van der Waals surface area (Å²) in [5.74, 6) is 0.253. The zero-order valence-electron chi connectivity index (χ0n) is 16.5. The van der Waals surface area contributed by atoms with E-state index in [1.54, 1.807) is 20.4 Å². The fourth-order valence-corrected chi connectivity index (χ4v) is 3.55. The van der Waals surface area contributed by atoms with Crippen molar-refractivity contribution in [3.63, 3.8) is 0 Å². The second-order valence-electron chi connectivity index (χ2n) is 5.75. The van der Waals surface area contributed by atoms with Crippen molar-refractivity contribution in [2.45, 2.75) is 12.8 Å². The highest BCUT2D eigenvalue weighted by Gasteiger charge is 2.16. The number of amides is 1. The number of carbonyl (C=O) groups excluding carboxylic acids is 1. The number of ether oxygens (including phenoxy) is 1. The molecule has 0 aromatic carbocycles. The van der Waals surface area contributed by atoms with E-state index >= 15 is 0 Å². The Morgan fingerprint density at radius 2 is 2.30 bits per heavy atom. The number of nitrogens with zero attached hydrogens (tertiary/aromatic N) is 3. The van der Waals surface area contributed by atoms with E-state index in [1.165, 1.54) is 17.6 Å². The molecule has 0 radical (unpaired) electrons. The Morgan fingerprint density at radius 3 is 2.97 bits per heavy atom. The van der Waals surface area contributed by atoms with E-state index in [9.17, 15) is 9.18 Å². The van der Waals surface area contributed by atoms with Crippen LogP contribution in [0.25, 0.3) is 5.57 Å². The third-order valence-electron chi connectivity index (χ3n) is 3.85. The lowest BCUT2D eigenvalue weighted by molar-refractivity contribution is -0.109. The van der Waals surface area contributed by atoms with Crippen LogP contribution in [0.4, 0.5) is 10.2 Å². The fourth-order valence-electron chi connectivity index (χ4n) is 2.47. The molecule has 0 fully saturated rings. The molecule has 158 valence electrons. The second kappa shape index (κ2) is 11.4. The van der Waals surface area contributed by atoms with E-state index in [-0.39, 0.29) is 12.1 Å². The van der Waals surface area contributed by atoms with Crippen LogP contribution in [0.5, 0.6) is 5.88 Å². The lowest BCUT2D eigenvalue weighted by Gasteiger charge is -2.06. The molecule has 0 atom stereocenters. The van der Waals surface area contributed by atoms with Crippen LogP contribution >= 0.6 is 11.3 Å². The predicted octanol–water partition coefficient (Wildman–Crippen LogP) is 2.28. The van der Waals surface area contributed by atoms with Crippen LogP contribution in [0, 0.1) is 5.41 Å². The number of carbonyl (C=O) groups is 1. The average Bonchev–Trinajstić information content (AvgIpc) is 3.18. The molecule has 2 rings (SSSR count). The smallest absolute Gasteiger partial charge is 0.227 e. The summed E-state index contributed by atoms with van der Waals surface area (Å²) < 4.78 is 18.8. The largest absolute Gasteiger partial charge is 0.481 e. The zero-order valence-corrected chi connectivity index (χ0v) is 17.3. The fraction of sp³-hybridized carbons (Fsp3) is 0.211. The van der Waals surface area contributed by atoms with Gasteiger partial charge in [0.15, 0.2) is 5.83 Å². The molecule has 0 saturated carbocycles. The third kappa shape index (κ3) is 5.95. The summed E-state index contributed by atoms with van der Waals surface area (Å²) in [6.45, 7) is 0. The molecule has 0 spiro atoms. The van der Waals surface area contributed by atoms with Gasteiger partial charge < -0.3 is 21.2 Å². The topological polar surface area (TPSA) is 138 Å². The van der Waals surface area contributed by atoms with Crippen LogP contribution in [-0.2, 0) is 17.6 Å². The number of hydrogen-bond donors (Lipinski definition) is 4. The molecule has 0 aliphatic rings. The highest BCUT2D eigenvalue weighted by molar-refractivity contribution is 7.13. The standard InChI is InChI=1S/C19H22FN7O2S/c1-23-18-17(30-16(27-18)8-15(22)14(20)9-21)13(10-25-26-11-28)6-5-12-4-3-7-24-19(12)29-2/h3-4,6-7,9-11,22-23H,5,8,21H2,1-2H3,(H,26,28)/b13-6+,14-9+,22-15?,25-10-. The first kappa shape index (κ1) is 22.7. The van der Waals surface area contributed by atoms with Crippen LogP contribution in [0.2, 0.25) is 0 Å². The van der Waals surface area contributed by atoms with Gasteiger partial charge in [-0.1, -0.05) is 12.1 Å². The molecule has 11 heteroatoms. The van der Waals surface area contributed by atoms with E-state index in [2.05, 4.69) is 25.8 Å². The number of nitrogens with one attached hydrogen (secondary N) is 3. The van der Waals surface area contributed by atoms with Gasteiger partial charge in [-0.05, 0) is 12.5 Å². The second-order valence-corrected chi connectivity index (χ2v) is 6.83. The summed E-state index contributed by atoms with van der Waals surface area (Å²) in [7, 11) is 3.25. The highest BCUT2D eigenvalue weighted by atomic mass is 32.1. The first-order valence-corrected chi connectivity index (χ1v) is 9.58. The molecule has 2 aromatic heterocycles. The molecule has 2 heterocycles. The number of hydrazone groups is 1. The molecule has 0 unspecified atom stereocenters. The van der Waals surface area contributed by atoms with Gasteiger partial charge in [-0.3, -0.25) is 4.79 Å². The summed E-state index contributed by atoms with van der Waals surface area (Å²) in [6, 6.07) is 3.70. The summed E-state index contributed by atoms with van der Waals surface area (Å²) in [5.41, 5.74) is 8.65. The van der Waals surface area contributed by atoms with E-state index in [1.807, 2.05) is 18.2 Å². The molecule has 1 amide bonds. The molecular formula is C19H22FN7O2S. The van der Waals surface area contributed by atoms with Crippen molar-refractivity contribution < 1.29 is 13.9 Å². The first-order chi connectivity index (χ1) is 14.5. The van der Waals surface area contributed by atoms with Crippen LogP contribution in [0.1, 0.15) is 15.4 Å². The molecular weight excluding hydrogens is 409 g/mol. The Kier molecular flexibility index (Phi) is 8.63. The molecule has 0 aliphatic carbocycles. The Morgan fingerprint density at radius 1 is 1.50 bits per heavy atom. The number of hydrogen-bond acceptors (Lipinski definition) is 9. The van der Waals surface area contributed by atoms with Gasteiger partial charge in [-0.15, -0.1) is 11.3 Å². The van der Waals surface area contributed by atoms with Crippen LogP contribution in [-0.4, -0.2) is 42.5 Å². The van der Waals surface area contributed by atoms with Gasteiger partial charge in [-0.2, -0.15) is 5.10 Å². The van der Waals surface area contributed by atoms with Gasteiger partial charge in [0.05, 0.1) is 23.9 Å². The van der Waals surface area contributed by atoms with E-state index in [0.717, 1.165) is 16.6 Å². The predicted molar refractivity (Wildman–Crippen MR) is 117 cm³/mol. The Bertz CT molecular complexity index is 985. The first-order valence-electron chi connectivity index (χ1n) is 8.77. The molecule has 0 bridgehead atoms. The van der Waals surface area contributed by atoms with E-state index in [4.69, 9.17) is 15.9 Å². The summed E-state index contributed by atoms with van der Waals surface area (Å²) >= 11 is 1.28. The number of allylic oxidation sites excluding steroid dienone is 3. The molecule has 5 N–H and O–H groups in total. The Labute approximate surface area is 177 Å². The molecule has 30 heavy (non-hydrogen) atoms. The number of rotatable bonds is 11. The van der Waals surface area contributed by atoms with Gasteiger partial charge in [-0.25, -0.2) is 19.8 Å². The van der Waals surface area contributed by atoms with Gasteiger partial charge in [0.1, 0.15) is 10.8 Å². The van der Waals surface area contributed by atoms with Gasteiger partial charge in [0, 0.05) is 37.0 Å².